The molecule has 3 aromatic heterocycles. The molecule has 0 radical (unpaired) electrons. The molecule has 0 aliphatic carbocycles. The van der Waals surface area contributed by atoms with E-state index in [1.54, 1.807) is 91.1 Å². The Balaban J connectivity index is 1.18. The third-order valence-electron chi connectivity index (χ3n) is 14.4. The second-order valence-electron chi connectivity index (χ2n) is 18.7. The molecule has 0 saturated heterocycles. The molecule has 9 aromatic carbocycles. The summed E-state index contributed by atoms with van der Waals surface area (Å²) in [5.41, 5.74) is 13.7. The number of pyridine rings is 1. The Morgan fingerprint density at radius 3 is 1.12 bits per heavy atom. The molecule has 0 N–H and O–H groups in total. The van der Waals surface area contributed by atoms with E-state index in [-0.39, 0.29) is 0 Å². The fourth-order valence-electron chi connectivity index (χ4n) is 10.7. The van der Waals surface area contributed by atoms with Crippen molar-refractivity contribution in [3.8, 4) is 97.5 Å². The Morgan fingerprint density at radius 1 is 0.338 bits per heavy atom. The van der Waals surface area contributed by atoms with Gasteiger partial charge in [0.05, 0.1) is 96.1 Å². The van der Waals surface area contributed by atoms with Crippen LogP contribution in [0.5, 0.6) is 0 Å². The van der Waals surface area contributed by atoms with E-state index in [2.05, 4.69) is 54.3 Å². The highest BCUT2D eigenvalue weighted by atomic mass is 15.1. The highest BCUT2D eigenvalue weighted by molar-refractivity contribution is 6.13. The lowest BCUT2D eigenvalue weighted by atomic mass is 9.98. The van der Waals surface area contributed by atoms with E-state index in [4.69, 9.17) is 31.3 Å². The Bertz CT molecular complexity index is 4860. The molecule has 0 atom stereocenters. The first-order valence-electron chi connectivity index (χ1n) is 24.6. The average Bonchev–Trinajstić information content (AvgIpc) is 4.24. The molecule has 0 aliphatic heterocycles. The SMILES string of the molecule is [C-]#[N+]c1ccc(-c2ccc3c4ccc(-c5ccc(C#N)cc5[N+]#[C-])cc4n(-c4cc(-c5ccc(C#N)cc5)c(-n5c6cc(-c7ccc([N+]#[C-])cc7C#N)ccc6c6ccc(-c7ccc(C#N)cc7[N+]#[C-])cc65)cn4)c3c2)c(C#N)c1. The molecule has 12 aromatic rings. The Kier molecular flexibility index (Phi) is 11.7. The van der Waals surface area contributed by atoms with Crippen LogP contribution in [0, 0.1) is 82.9 Å². The molecule has 0 amide bonds. The molecular formula is C68H30N12. The van der Waals surface area contributed by atoms with Crippen molar-refractivity contribution >= 4 is 66.4 Å². The molecular weight excluding hydrogens is 985 g/mol. The van der Waals surface area contributed by atoms with Gasteiger partial charge in [0.25, 0.3) is 0 Å². The Morgan fingerprint density at radius 2 is 0.725 bits per heavy atom. The second-order valence-corrected chi connectivity index (χ2v) is 18.7. The largest absolute Gasteiger partial charge is 0.307 e. The standard InChI is InChI=1S/C68H30N12/c1-74-50-15-23-52(48(27-50)37-72)44-11-19-56-57-21-13-46(54-17-7-41(35-70)25-61(54)76-3)31-64(57)79(63(56)29-44)67-39-78-68(33-60(67)43-9-5-40(34-69)6-10-43)80-65-30-45(53-24-16-51(75-2)28-49(53)38-73)12-20-58(65)59-22-14-47(32-66(59)80)55-18-8-42(36-71)26-62(55)77-4/h5-33,39H. The van der Waals surface area contributed by atoms with E-state index in [1.165, 1.54) is 0 Å². The molecule has 0 spiro atoms. The topological polar surface area (TPSA) is 159 Å². The molecule has 12 nitrogen and oxygen atoms in total. The zero-order chi connectivity index (χ0) is 55.2. The minimum Gasteiger partial charge on any atom is -0.307 e. The number of fused-ring (bicyclic) bond motifs is 6. The maximum absolute atomic E-state index is 10.4. The van der Waals surface area contributed by atoms with Crippen LogP contribution in [0.3, 0.4) is 0 Å². The van der Waals surface area contributed by atoms with Gasteiger partial charge in [0.15, 0.2) is 22.7 Å². The van der Waals surface area contributed by atoms with Crippen molar-refractivity contribution in [1.82, 2.24) is 14.1 Å². The Labute approximate surface area is 457 Å². The summed E-state index contributed by atoms with van der Waals surface area (Å²) in [5, 5.41) is 53.7. The summed E-state index contributed by atoms with van der Waals surface area (Å²) in [7, 11) is 0. The molecule has 0 bridgehead atoms. The van der Waals surface area contributed by atoms with Gasteiger partial charge in [0.1, 0.15) is 5.82 Å². The minimum atomic E-state index is 0.316. The average molecular weight is 1020 g/mol. The van der Waals surface area contributed by atoms with Crippen LogP contribution >= 0.6 is 0 Å². The van der Waals surface area contributed by atoms with Crippen molar-refractivity contribution in [2.75, 3.05) is 0 Å². The zero-order valence-electron chi connectivity index (χ0n) is 41.7. The molecule has 362 valence electrons. The van der Waals surface area contributed by atoms with Crippen LogP contribution in [0.2, 0.25) is 0 Å². The number of hydrogen-bond acceptors (Lipinski definition) is 6. The lowest BCUT2D eigenvalue weighted by Crippen LogP contribution is -2.04. The maximum atomic E-state index is 10.4. The third-order valence-corrected chi connectivity index (χ3v) is 14.4. The van der Waals surface area contributed by atoms with Gasteiger partial charge in [-0.1, -0.05) is 97.1 Å². The molecule has 12 rings (SSSR count). The van der Waals surface area contributed by atoms with Crippen LogP contribution in [0.15, 0.2) is 182 Å². The van der Waals surface area contributed by atoms with E-state index >= 15 is 0 Å². The number of aromatic nitrogens is 3. The van der Waals surface area contributed by atoms with E-state index in [0.717, 1.165) is 71.4 Å². The molecule has 80 heavy (non-hydrogen) atoms. The predicted molar refractivity (Wildman–Crippen MR) is 309 cm³/mol. The zero-order valence-corrected chi connectivity index (χ0v) is 41.7. The molecule has 0 unspecified atom stereocenters. The Hall–Kier alpha value is -12.9. The van der Waals surface area contributed by atoms with Crippen LogP contribution in [0.25, 0.3) is 130 Å². The summed E-state index contributed by atoms with van der Waals surface area (Å²) in [4.78, 5) is 20.1. The van der Waals surface area contributed by atoms with Crippen LogP contribution in [0.1, 0.15) is 27.8 Å². The first kappa shape index (κ1) is 48.1. The molecule has 3 heterocycles. The lowest BCUT2D eigenvalue weighted by Gasteiger charge is -2.17. The van der Waals surface area contributed by atoms with Gasteiger partial charge in [-0.3, -0.25) is 4.57 Å². The smallest absolute Gasteiger partial charge is 0.196 e. The van der Waals surface area contributed by atoms with Crippen molar-refractivity contribution in [1.29, 1.82) is 26.3 Å². The number of hydrogen-bond donors (Lipinski definition) is 0. The summed E-state index contributed by atoms with van der Waals surface area (Å²) in [6.07, 6.45) is 1.80. The number of nitrogens with zero attached hydrogens (tertiary/aromatic N) is 12. The van der Waals surface area contributed by atoms with E-state index < -0.39 is 0 Å². The first-order chi connectivity index (χ1) is 39.2. The van der Waals surface area contributed by atoms with Crippen molar-refractivity contribution in [3.05, 3.63) is 256 Å². The second kappa shape index (κ2) is 19.4. The summed E-state index contributed by atoms with van der Waals surface area (Å²) in [6.45, 7) is 31.4. The lowest BCUT2D eigenvalue weighted by molar-refractivity contribution is 1.06. The molecule has 0 fully saturated rings. The summed E-state index contributed by atoms with van der Waals surface area (Å²) >= 11 is 0. The number of benzene rings is 9. The fraction of sp³-hybridized carbons (Fsp3) is 0. The van der Waals surface area contributed by atoms with Crippen LogP contribution in [-0.4, -0.2) is 14.1 Å². The normalized spacial score (nSPS) is 10.6. The van der Waals surface area contributed by atoms with Gasteiger partial charge < -0.3 is 4.57 Å². The maximum Gasteiger partial charge on any atom is 0.196 e. The highest BCUT2D eigenvalue weighted by Gasteiger charge is 2.23. The van der Waals surface area contributed by atoms with Crippen molar-refractivity contribution in [3.63, 3.8) is 0 Å². The van der Waals surface area contributed by atoms with Crippen LogP contribution in [-0.2, 0) is 0 Å². The third kappa shape index (κ3) is 7.90. The van der Waals surface area contributed by atoms with Gasteiger partial charge in [0, 0.05) is 49.4 Å². The van der Waals surface area contributed by atoms with Gasteiger partial charge in [0.2, 0.25) is 0 Å². The van der Waals surface area contributed by atoms with Gasteiger partial charge in [-0.15, -0.1) is 0 Å². The molecule has 0 aliphatic rings. The van der Waals surface area contributed by atoms with Crippen LogP contribution < -0.4 is 0 Å². The predicted octanol–water partition coefficient (Wildman–Crippen LogP) is 17.2. The summed E-state index contributed by atoms with van der Waals surface area (Å²) < 4.78 is 4.15. The minimum absolute atomic E-state index is 0.316. The van der Waals surface area contributed by atoms with Crippen molar-refractivity contribution < 1.29 is 0 Å². The monoisotopic (exact) mass is 1010 g/mol. The molecule has 12 heteroatoms. The number of nitriles is 5. The first-order valence-corrected chi connectivity index (χ1v) is 24.6. The van der Waals surface area contributed by atoms with Crippen molar-refractivity contribution in [2.45, 2.75) is 0 Å². The highest BCUT2D eigenvalue weighted by Crippen LogP contribution is 2.44. The van der Waals surface area contributed by atoms with E-state index in [0.29, 0.717) is 89.9 Å². The van der Waals surface area contributed by atoms with E-state index in [1.807, 2.05) is 95.6 Å². The summed E-state index contributed by atoms with van der Waals surface area (Å²) in [5.74, 6) is 0.497. The van der Waals surface area contributed by atoms with E-state index in [9.17, 15) is 26.3 Å². The van der Waals surface area contributed by atoms with Crippen LogP contribution in [0.4, 0.5) is 22.7 Å². The molecule has 0 saturated carbocycles. The van der Waals surface area contributed by atoms with Gasteiger partial charge in [-0.05, 0) is 129 Å². The summed E-state index contributed by atoms with van der Waals surface area (Å²) in [6, 6.07) is 64.4. The van der Waals surface area contributed by atoms with Gasteiger partial charge >= 0.3 is 0 Å². The quantitative estimate of drug-likeness (QED) is 0.145. The fourth-order valence-corrected chi connectivity index (χ4v) is 10.7. The number of rotatable bonds is 7. The van der Waals surface area contributed by atoms with Gasteiger partial charge in [-0.2, -0.15) is 26.3 Å². The van der Waals surface area contributed by atoms with Crippen molar-refractivity contribution in [2.24, 2.45) is 0 Å². The van der Waals surface area contributed by atoms with Gasteiger partial charge in [-0.25, -0.2) is 24.4 Å².